The van der Waals surface area contributed by atoms with Crippen molar-refractivity contribution in [2.75, 3.05) is 5.75 Å². The van der Waals surface area contributed by atoms with Gasteiger partial charge in [-0.1, -0.05) is 25.1 Å². The summed E-state index contributed by atoms with van der Waals surface area (Å²) in [6, 6.07) is 5.49. The minimum atomic E-state index is -3.36. The minimum absolute atomic E-state index is 0.0414. The van der Waals surface area contributed by atoms with E-state index in [1.165, 1.54) is 37.3 Å². The molecule has 126 valence electrons. The monoisotopic (exact) mass is 344 g/mol. The molecule has 0 spiro atoms. The highest BCUT2D eigenvalue weighted by Crippen LogP contribution is 2.33. The first kappa shape index (κ1) is 17.6. The fourth-order valence-electron chi connectivity index (χ4n) is 2.64. The fraction of sp³-hybridized carbons (Fsp3) is 0.438. The van der Waals surface area contributed by atoms with E-state index in [1.807, 2.05) is 0 Å². The van der Waals surface area contributed by atoms with Gasteiger partial charge in [0.2, 0.25) is 0 Å². The summed E-state index contributed by atoms with van der Waals surface area (Å²) >= 11 is 0. The van der Waals surface area contributed by atoms with Crippen molar-refractivity contribution >= 4 is 21.4 Å². The number of hydrogen-bond donors (Lipinski definition) is 1. The normalized spacial score (nSPS) is 25.5. The molecule has 7 heteroatoms. The van der Waals surface area contributed by atoms with Gasteiger partial charge in [0.25, 0.3) is 0 Å². The molecule has 1 aliphatic carbocycles. The number of allylic oxidation sites excluding steroid dienone is 1. The van der Waals surface area contributed by atoms with E-state index in [0.29, 0.717) is 5.56 Å². The first-order valence-electron chi connectivity index (χ1n) is 7.31. The summed E-state index contributed by atoms with van der Waals surface area (Å²) in [5.41, 5.74) is 0.238. The van der Waals surface area contributed by atoms with Crippen LogP contribution < -0.4 is 0 Å². The van der Waals surface area contributed by atoms with E-state index in [4.69, 9.17) is 0 Å². The van der Waals surface area contributed by atoms with Crippen LogP contribution >= 0.6 is 0 Å². The summed E-state index contributed by atoms with van der Waals surface area (Å²) in [6.07, 6.45) is -1.86. The lowest BCUT2D eigenvalue weighted by atomic mass is 9.99. The quantitative estimate of drug-likeness (QED) is 0.834. The Balaban J connectivity index is 2.30. The maximum absolute atomic E-state index is 13.2. The third-order valence-corrected chi connectivity index (χ3v) is 5.74. The lowest BCUT2D eigenvalue weighted by Crippen LogP contribution is -2.06. The van der Waals surface area contributed by atoms with E-state index in [2.05, 4.69) is 0 Å². The van der Waals surface area contributed by atoms with Crippen LogP contribution in [-0.2, 0) is 14.6 Å². The number of benzene rings is 1. The number of hydrogen-bond acceptors (Lipinski definition) is 3. The van der Waals surface area contributed by atoms with Crippen LogP contribution in [-0.4, -0.2) is 37.6 Å². The Hall–Kier alpha value is -1.76. The lowest BCUT2D eigenvalue weighted by molar-refractivity contribution is -0.130. The third kappa shape index (κ3) is 3.96. The molecule has 0 bridgehead atoms. The molecule has 4 nitrogen and oxygen atoms in total. The number of carboxylic acid groups (broad SMARTS) is 1. The topological polar surface area (TPSA) is 71.4 Å². The van der Waals surface area contributed by atoms with Gasteiger partial charge in [-0.25, -0.2) is 22.0 Å². The predicted octanol–water partition coefficient (Wildman–Crippen LogP) is 3.03. The zero-order valence-electron chi connectivity index (χ0n) is 12.6. The molecule has 0 saturated heterocycles. The summed E-state index contributed by atoms with van der Waals surface area (Å²) in [4.78, 5) is 11.5. The van der Waals surface area contributed by atoms with Crippen LogP contribution in [0.3, 0.4) is 0 Å². The molecule has 1 fully saturated rings. The first-order valence-corrected chi connectivity index (χ1v) is 8.96. The number of carboxylic acids is 1. The van der Waals surface area contributed by atoms with Crippen molar-refractivity contribution in [3.8, 4) is 0 Å². The highest BCUT2D eigenvalue weighted by Gasteiger charge is 2.34. The SMILES string of the molecule is CCS(=O)(=O)c1ccc(C(=CC2C[C@@H](F)[C@@H](F)C2)C(=O)O)cc1. The highest BCUT2D eigenvalue weighted by molar-refractivity contribution is 7.91. The van der Waals surface area contributed by atoms with Crippen molar-refractivity contribution in [2.45, 2.75) is 37.0 Å². The van der Waals surface area contributed by atoms with Gasteiger partial charge in [-0.15, -0.1) is 0 Å². The van der Waals surface area contributed by atoms with Crippen LogP contribution in [0.5, 0.6) is 0 Å². The minimum Gasteiger partial charge on any atom is -0.478 e. The molecule has 0 heterocycles. The van der Waals surface area contributed by atoms with Gasteiger partial charge in [-0.2, -0.15) is 0 Å². The van der Waals surface area contributed by atoms with Crippen LogP contribution in [0.2, 0.25) is 0 Å². The Bertz CT molecular complexity index is 700. The summed E-state index contributed by atoms with van der Waals surface area (Å²) in [5, 5.41) is 9.32. The Morgan fingerprint density at radius 2 is 1.74 bits per heavy atom. The lowest BCUT2D eigenvalue weighted by Gasteiger charge is -2.08. The Morgan fingerprint density at radius 1 is 1.22 bits per heavy atom. The van der Waals surface area contributed by atoms with Crippen molar-refractivity contribution in [3.05, 3.63) is 35.9 Å². The van der Waals surface area contributed by atoms with Crippen molar-refractivity contribution < 1.29 is 27.1 Å². The molecule has 1 saturated carbocycles. The molecule has 1 N–H and O–H groups in total. The number of carbonyl (C=O) groups is 1. The van der Waals surface area contributed by atoms with E-state index in [1.54, 1.807) is 0 Å². The molecule has 0 amide bonds. The summed E-state index contributed by atoms with van der Waals surface area (Å²) < 4.78 is 50.0. The molecule has 1 aliphatic rings. The van der Waals surface area contributed by atoms with Gasteiger partial charge in [0, 0.05) is 0 Å². The van der Waals surface area contributed by atoms with Gasteiger partial charge in [-0.05, 0) is 36.5 Å². The van der Waals surface area contributed by atoms with Crippen LogP contribution in [0.15, 0.2) is 35.2 Å². The Morgan fingerprint density at radius 3 is 2.17 bits per heavy atom. The molecule has 0 aromatic heterocycles. The smallest absolute Gasteiger partial charge is 0.335 e. The summed E-state index contributed by atoms with van der Waals surface area (Å²) in [6.45, 7) is 1.52. The second-order valence-electron chi connectivity index (χ2n) is 5.58. The fourth-order valence-corrected chi connectivity index (χ4v) is 3.53. The highest BCUT2D eigenvalue weighted by atomic mass is 32.2. The second-order valence-corrected chi connectivity index (χ2v) is 7.86. The Kier molecular flexibility index (Phi) is 5.19. The first-order chi connectivity index (χ1) is 10.7. The maximum atomic E-state index is 13.2. The molecule has 23 heavy (non-hydrogen) atoms. The van der Waals surface area contributed by atoms with E-state index >= 15 is 0 Å². The number of sulfone groups is 1. The number of aliphatic carboxylic acids is 1. The van der Waals surface area contributed by atoms with Crippen LogP contribution in [0.4, 0.5) is 8.78 Å². The molecule has 1 aromatic rings. The predicted molar refractivity (Wildman–Crippen MR) is 82.3 cm³/mol. The van der Waals surface area contributed by atoms with Gasteiger partial charge in [-0.3, -0.25) is 0 Å². The van der Waals surface area contributed by atoms with Gasteiger partial charge in [0.15, 0.2) is 9.84 Å². The van der Waals surface area contributed by atoms with E-state index < -0.39 is 34.1 Å². The van der Waals surface area contributed by atoms with Gasteiger partial charge < -0.3 is 5.11 Å². The molecular weight excluding hydrogens is 326 g/mol. The zero-order chi connectivity index (χ0) is 17.2. The van der Waals surface area contributed by atoms with Gasteiger partial charge in [0.05, 0.1) is 16.2 Å². The van der Waals surface area contributed by atoms with Crippen molar-refractivity contribution in [1.29, 1.82) is 0 Å². The average molecular weight is 344 g/mol. The molecular formula is C16H18F2O4S. The van der Waals surface area contributed by atoms with E-state index in [-0.39, 0.29) is 29.1 Å². The van der Waals surface area contributed by atoms with Gasteiger partial charge >= 0.3 is 5.97 Å². The molecule has 3 atom stereocenters. The molecule has 2 rings (SSSR count). The van der Waals surface area contributed by atoms with Crippen molar-refractivity contribution in [2.24, 2.45) is 5.92 Å². The Labute approximate surface area is 133 Å². The molecule has 0 aliphatic heterocycles. The zero-order valence-corrected chi connectivity index (χ0v) is 13.4. The van der Waals surface area contributed by atoms with E-state index in [9.17, 15) is 27.1 Å². The third-order valence-electron chi connectivity index (χ3n) is 3.99. The molecule has 1 aromatic carbocycles. The van der Waals surface area contributed by atoms with Crippen LogP contribution in [0, 0.1) is 5.92 Å². The largest absolute Gasteiger partial charge is 0.478 e. The van der Waals surface area contributed by atoms with E-state index in [0.717, 1.165) is 0 Å². The average Bonchev–Trinajstić information content (AvgIpc) is 2.83. The summed E-state index contributed by atoms with van der Waals surface area (Å²) in [5.74, 6) is -1.75. The maximum Gasteiger partial charge on any atom is 0.335 e. The summed E-state index contributed by atoms with van der Waals surface area (Å²) in [7, 11) is -3.36. The second kappa shape index (κ2) is 6.78. The van der Waals surface area contributed by atoms with Crippen LogP contribution in [0.25, 0.3) is 5.57 Å². The standard InChI is InChI=1S/C16H18F2O4S/c1-2-23(21,22)12-5-3-11(4-6-12)13(16(19)20)7-10-8-14(17)15(18)9-10/h3-7,10,14-15H,2,8-9H2,1H3,(H,19,20)/t10?,14-,15+. The van der Waals surface area contributed by atoms with Crippen molar-refractivity contribution in [3.63, 3.8) is 0 Å². The van der Waals surface area contributed by atoms with Gasteiger partial charge in [0.1, 0.15) is 12.3 Å². The van der Waals surface area contributed by atoms with Crippen LogP contribution in [0.1, 0.15) is 25.3 Å². The number of alkyl halides is 2. The number of halogens is 2. The number of rotatable bonds is 5. The van der Waals surface area contributed by atoms with Crippen molar-refractivity contribution in [1.82, 2.24) is 0 Å². The molecule has 0 radical (unpaired) electrons. The molecule has 1 unspecified atom stereocenters.